The topological polar surface area (TPSA) is 0 Å². The van der Waals surface area contributed by atoms with Crippen molar-refractivity contribution in [3.05, 3.63) is 217 Å². The lowest BCUT2D eigenvalue weighted by atomic mass is 9.82. The van der Waals surface area contributed by atoms with Gasteiger partial charge in [-0.05, 0) is 122 Å². The molecule has 6 aromatic carbocycles. The summed E-state index contributed by atoms with van der Waals surface area (Å²) < 4.78 is 0. The molecule has 53 heavy (non-hydrogen) atoms. The second-order valence-corrected chi connectivity index (χ2v) is 13.3. The van der Waals surface area contributed by atoms with Crippen LogP contribution in [0.4, 0.5) is 0 Å². The maximum absolute atomic E-state index is 4.29. The van der Waals surface area contributed by atoms with E-state index in [-0.39, 0.29) is 0 Å². The zero-order valence-corrected chi connectivity index (χ0v) is 31.4. The van der Waals surface area contributed by atoms with Crippen LogP contribution >= 0.6 is 0 Å². The molecule has 0 heteroatoms. The molecule has 0 amide bonds. The summed E-state index contributed by atoms with van der Waals surface area (Å²) in [6, 6.07) is 46.3. The Morgan fingerprint density at radius 2 is 1.00 bits per heavy atom. The van der Waals surface area contributed by atoms with Crippen molar-refractivity contribution in [1.29, 1.82) is 0 Å². The highest BCUT2D eigenvalue weighted by Gasteiger charge is 2.20. The average Bonchev–Trinajstić information content (AvgIpc) is 3.20. The Kier molecular flexibility index (Phi) is 11.9. The molecule has 0 radical (unpaired) electrons. The third-order valence-electron chi connectivity index (χ3n) is 9.85. The lowest BCUT2D eigenvalue weighted by Gasteiger charge is -2.22. The summed E-state index contributed by atoms with van der Waals surface area (Å²) in [7, 11) is 0. The molecule has 6 aromatic rings. The Morgan fingerprint density at radius 1 is 0.509 bits per heavy atom. The molecule has 0 aromatic heterocycles. The molecule has 0 nitrogen and oxygen atoms in total. The van der Waals surface area contributed by atoms with E-state index in [4.69, 9.17) is 0 Å². The van der Waals surface area contributed by atoms with Gasteiger partial charge in [0.15, 0.2) is 0 Å². The lowest BCUT2D eigenvalue weighted by molar-refractivity contribution is 1.24. The van der Waals surface area contributed by atoms with Gasteiger partial charge in [0, 0.05) is 0 Å². The van der Waals surface area contributed by atoms with Gasteiger partial charge in [-0.3, -0.25) is 0 Å². The summed E-state index contributed by atoms with van der Waals surface area (Å²) >= 11 is 0. The normalized spacial score (nSPS) is 12.2. The van der Waals surface area contributed by atoms with Gasteiger partial charge in [-0.15, -0.1) is 0 Å². The van der Waals surface area contributed by atoms with E-state index in [1.54, 1.807) is 0 Å². The zero-order valence-electron chi connectivity index (χ0n) is 31.4. The van der Waals surface area contributed by atoms with Crippen LogP contribution in [0.1, 0.15) is 55.0 Å². The SMILES string of the molecule is C=C(/C=C\C=C/C)c1ccc(/C(=C/c2c(C)c(-c3ccccc3)c3cc(-c4ccc(C(=C)/C=C\C=C/C)cc4)ccc3c2-c2ccccc2)CC)cc1. The average molecular weight is 685 g/mol. The van der Waals surface area contributed by atoms with Gasteiger partial charge in [-0.25, -0.2) is 0 Å². The second-order valence-electron chi connectivity index (χ2n) is 13.3. The fourth-order valence-electron chi connectivity index (χ4n) is 6.99. The van der Waals surface area contributed by atoms with Gasteiger partial charge in [0.1, 0.15) is 0 Å². The first-order chi connectivity index (χ1) is 25.9. The summed E-state index contributed by atoms with van der Waals surface area (Å²) in [5, 5.41) is 2.49. The van der Waals surface area contributed by atoms with Crippen LogP contribution in [0.25, 0.3) is 66.9 Å². The van der Waals surface area contributed by atoms with Gasteiger partial charge in [0.2, 0.25) is 0 Å². The monoisotopic (exact) mass is 684 g/mol. The van der Waals surface area contributed by atoms with Gasteiger partial charge in [-0.1, -0.05) is 196 Å². The van der Waals surface area contributed by atoms with Crippen LogP contribution in [0.5, 0.6) is 0 Å². The Bertz CT molecular complexity index is 2370. The van der Waals surface area contributed by atoms with E-state index in [2.05, 4.69) is 173 Å². The maximum atomic E-state index is 4.29. The molecule has 0 heterocycles. The first-order valence-corrected chi connectivity index (χ1v) is 18.5. The number of fused-ring (bicyclic) bond motifs is 1. The highest BCUT2D eigenvalue weighted by atomic mass is 14.2. The molecule has 260 valence electrons. The van der Waals surface area contributed by atoms with E-state index in [0.717, 1.165) is 28.7 Å². The standard InChI is InChI=1S/C53H48/c1-7-10-14-20-38(4)42-26-30-44(31-27-42)41(9-3)36-50-40(6)52(46-22-16-12-17-23-46)51-37-48(34-35-49(51)53(50)47-24-18-13-19-25-47)45-32-28-43(29-33-45)39(5)21-15-11-8-2/h7-8,10-37H,4-5,9H2,1-3,6H3/b10-7-,11-8-,20-14-,21-15-,41-36+. The van der Waals surface area contributed by atoms with Crippen LogP contribution in [0.15, 0.2) is 189 Å². The van der Waals surface area contributed by atoms with Gasteiger partial charge < -0.3 is 0 Å². The highest BCUT2D eigenvalue weighted by molar-refractivity contribution is 6.12. The quantitative estimate of drug-likeness (QED) is 0.0889. The van der Waals surface area contributed by atoms with Crippen molar-refractivity contribution in [2.45, 2.75) is 34.1 Å². The minimum absolute atomic E-state index is 0.903. The van der Waals surface area contributed by atoms with Gasteiger partial charge in [0.25, 0.3) is 0 Å². The number of rotatable bonds is 12. The Labute approximate surface area is 316 Å². The van der Waals surface area contributed by atoms with Crippen molar-refractivity contribution in [2.24, 2.45) is 0 Å². The number of benzene rings is 6. The van der Waals surface area contributed by atoms with Crippen LogP contribution in [0.2, 0.25) is 0 Å². The van der Waals surface area contributed by atoms with Crippen LogP contribution in [-0.4, -0.2) is 0 Å². The Balaban J connectivity index is 1.54. The predicted molar refractivity (Wildman–Crippen MR) is 236 cm³/mol. The molecule has 0 aliphatic heterocycles. The van der Waals surface area contributed by atoms with Crippen molar-refractivity contribution >= 4 is 33.6 Å². The van der Waals surface area contributed by atoms with Crippen LogP contribution in [0.3, 0.4) is 0 Å². The Morgan fingerprint density at radius 3 is 1.53 bits per heavy atom. The largest absolute Gasteiger partial charge is 0.0912 e. The molecule has 0 fully saturated rings. The first kappa shape index (κ1) is 36.5. The summed E-state index contributed by atoms with van der Waals surface area (Å²) in [4.78, 5) is 0. The van der Waals surface area contributed by atoms with E-state index in [0.29, 0.717) is 0 Å². The summed E-state index contributed by atoms with van der Waals surface area (Å²) in [6.45, 7) is 17.2. The smallest absolute Gasteiger partial charge is 0.00296 e. The van der Waals surface area contributed by atoms with E-state index in [1.165, 1.54) is 66.4 Å². The molecule has 0 aliphatic carbocycles. The van der Waals surface area contributed by atoms with Crippen LogP contribution in [-0.2, 0) is 0 Å². The predicted octanol–water partition coefficient (Wildman–Crippen LogP) is 15.4. The molecule has 0 saturated heterocycles. The van der Waals surface area contributed by atoms with Gasteiger partial charge >= 0.3 is 0 Å². The molecule has 0 N–H and O–H groups in total. The molecule has 0 unspecified atom stereocenters. The minimum atomic E-state index is 0.903. The summed E-state index contributed by atoms with van der Waals surface area (Å²) in [5.74, 6) is 0. The first-order valence-electron chi connectivity index (χ1n) is 18.5. The van der Waals surface area contributed by atoms with E-state index >= 15 is 0 Å². The van der Waals surface area contributed by atoms with Crippen molar-refractivity contribution in [1.82, 2.24) is 0 Å². The van der Waals surface area contributed by atoms with Crippen molar-refractivity contribution in [2.75, 3.05) is 0 Å². The van der Waals surface area contributed by atoms with E-state index < -0.39 is 0 Å². The van der Waals surface area contributed by atoms with Crippen molar-refractivity contribution in [3.63, 3.8) is 0 Å². The number of allylic oxidation sites excluding steroid dienone is 11. The molecular formula is C53H48. The number of hydrogen-bond donors (Lipinski definition) is 0. The molecular weight excluding hydrogens is 637 g/mol. The van der Waals surface area contributed by atoms with E-state index in [9.17, 15) is 0 Å². The van der Waals surface area contributed by atoms with Crippen molar-refractivity contribution < 1.29 is 0 Å². The molecule has 0 spiro atoms. The maximum Gasteiger partial charge on any atom is -0.00296 e. The molecule has 6 rings (SSSR count). The molecule has 0 aliphatic rings. The zero-order chi connectivity index (χ0) is 37.2. The van der Waals surface area contributed by atoms with Crippen molar-refractivity contribution in [3.8, 4) is 33.4 Å². The lowest BCUT2D eigenvalue weighted by Crippen LogP contribution is -1.97. The third kappa shape index (κ3) is 8.30. The van der Waals surface area contributed by atoms with Gasteiger partial charge in [0.05, 0.1) is 0 Å². The Hall–Kier alpha value is -6.24. The van der Waals surface area contributed by atoms with Gasteiger partial charge in [-0.2, -0.15) is 0 Å². The molecule has 0 atom stereocenters. The van der Waals surface area contributed by atoms with E-state index in [1.807, 2.05) is 50.3 Å². The summed E-state index contributed by atoms with van der Waals surface area (Å²) in [5.41, 5.74) is 16.6. The highest BCUT2D eigenvalue weighted by Crippen LogP contribution is 2.44. The van der Waals surface area contributed by atoms with Crippen LogP contribution in [0, 0.1) is 6.92 Å². The molecule has 0 bridgehead atoms. The second kappa shape index (κ2) is 17.3. The fourth-order valence-corrected chi connectivity index (χ4v) is 6.99. The number of hydrogen-bond acceptors (Lipinski definition) is 0. The summed E-state index contributed by atoms with van der Waals surface area (Å²) in [6.07, 6.45) is 19.6. The van der Waals surface area contributed by atoms with Crippen LogP contribution < -0.4 is 0 Å². The third-order valence-corrected chi connectivity index (χ3v) is 9.85. The molecule has 0 saturated carbocycles. The minimum Gasteiger partial charge on any atom is -0.0912 e. The fraction of sp³-hybridized carbons (Fsp3) is 0.0943.